The van der Waals surface area contributed by atoms with E-state index in [4.69, 9.17) is 4.98 Å². The second-order valence-electron chi connectivity index (χ2n) is 11.6. The van der Waals surface area contributed by atoms with Gasteiger partial charge < -0.3 is 0 Å². The van der Waals surface area contributed by atoms with Crippen molar-refractivity contribution in [2.24, 2.45) is 0 Å². The van der Waals surface area contributed by atoms with Gasteiger partial charge in [-0.15, -0.1) is 0 Å². The maximum absolute atomic E-state index is 5.26. The molecule has 0 saturated carbocycles. The molecule has 0 atom stereocenters. The molecule has 8 aromatic rings. The van der Waals surface area contributed by atoms with Crippen LogP contribution in [0, 0.1) is 0 Å². The summed E-state index contributed by atoms with van der Waals surface area (Å²) in [5.74, 6) is 0.886. The van der Waals surface area contributed by atoms with Gasteiger partial charge in [0.15, 0.2) is 0 Å². The van der Waals surface area contributed by atoms with E-state index < -0.39 is 0 Å². The van der Waals surface area contributed by atoms with Crippen LogP contribution < -0.4 is 4.90 Å². The van der Waals surface area contributed by atoms with E-state index in [1.807, 2.05) is 0 Å². The third kappa shape index (κ3) is 3.18. The molecular formula is C41H25N3. The highest BCUT2D eigenvalue weighted by Gasteiger charge is 2.29. The molecule has 204 valence electrons. The average molecular weight is 560 g/mol. The summed E-state index contributed by atoms with van der Waals surface area (Å²) >= 11 is 0. The number of anilines is 3. The summed E-state index contributed by atoms with van der Waals surface area (Å²) in [6.07, 6.45) is 0. The van der Waals surface area contributed by atoms with Crippen molar-refractivity contribution in [3.05, 3.63) is 152 Å². The van der Waals surface area contributed by atoms with Gasteiger partial charge in [0, 0.05) is 16.8 Å². The summed E-state index contributed by atoms with van der Waals surface area (Å²) in [7, 11) is 0. The second-order valence-corrected chi connectivity index (χ2v) is 11.6. The molecule has 0 radical (unpaired) electrons. The Bertz CT molecular complexity index is 2470. The number of imidazole rings is 1. The Balaban J connectivity index is 1.22. The topological polar surface area (TPSA) is 21.1 Å². The Kier molecular flexibility index (Phi) is 4.72. The Morgan fingerprint density at radius 2 is 1.09 bits per heavy atom. The fourth-order valence-corrected chi connectivity index (χ4v) is 7.36. The fourth-order valence-electron chi connectivity index (χ4n) is 7.36. The minimum atomic E-state index is 0.886. The summed E-state index contributed by atoms with van der Waals surface area (Å²) in [5.41, 5.74) is 15.4. The van der Waals surface area contributed by atoms with E-state index in [1.165, 1.54) is 55.3 Å². The largest absolute Gasteiger partial charge is 0.280 e. The lowest BCUT2D eigenvalue weighted by Gasteiger charge is -2.25. The number of nitrogens with zero attached hydrogens (tertiary/aromatic N) is 3. The number of para-hydroxylation sites is 4. The maximum Gasteiger partial charge on any atom is 0.220 e. The van der Waals surface area contributed by atoms with E-state index >= 15 is 0 Å². The van der Waals surface area contributed by atoms with Crippen molar-refractivity contribution in [3.63, 3.8) is 0 Å². The molecule has 3 nitrogen and oxygen atoms in total. The standard InChI is InChI=1S/C41H25N3/c1-2-15-31-30(14-1)34-18-10-12-27-23-28(25-35(31)40(27)34)26-11-9-13-29(24-26)43-37-20-6-3-16-32(37)33-17-4-7-21-38(33)44-39-22-8-5-19-36(39)42-41(43)44/h1-25H. The fraction of sp³-hybridized carbons (Fsp3) is 0. The van der Waals surface area contributed by atoms with Gasteiger partial charge in [-0.3, -0.25) is 9.47 Å². The number of rotatable bonds is 2. The molecule has 1 aliphatic carbocycles. The molecule has 0 unspecified atom stereocenters. The summed E-state index contributed by atoms with van der Waals surface area (Å²) in [6, 6.07) is 54.8. The first-order valence-corrected chi connectivity index (χ1v) is 15.1. The van der Waals surface area contributed by atoms with Crippen LogP contribution in [0.3, 0.4) is 0 Å². The highest BCUT2D eigenvalue weighted by atomic mass is 15.3. The normalized spacial score (nSPS) is 12.5. The third-order valence-corrected chi connectivity index (χ3v) is 9.25. The van der Waals surface area contributed by atoms with Crippen LogP contribution in [0.25, 0.3) is 72.0 Å². The van der Waals surface area contributed by atoms with Crippen LogP contribution in [0.4, 0.5) is 17.3 Å². The van der Waals surface area contributed by atoms with Crippen LogP contribution in [0.15, 0.2) is 152 Å². The van der Waals surface area contributed by atoms with E-state index in [1.54, 1.807) is 0 Å². The van der Waals surface area contributed by atoms with Gasteiger partial charge in [0.2, 0.25) is 5.95 Å². The zero-order chi connectivity index (χ0) is 28.8. The van der Waals surface area contributed by atoms with E-state index in [0.29, 0.717) is 0 Å². The molecular weight excluding hydrogens is 534 g/mol. The summed E-state index contributed by atoms with van der Waals surface area (Å²) in [4.78, 5) is 7.59. The minimum absolute atomic E-state index is 0.886. The van der Waals surface area contributed by atoms with Crippen LogP contribution in [-0.4, -0.2) is 9.55 Å². The Hall–Kier alpha value is -5.93. The highest BCUT2D eigenvalue weighted by molar-refractivity contribution is 6.16. The first-order valence-electron chi connectivity index (χ1n) is 15.1. The van der Waals surface area contributed by atoms with Gasteiger partial charge in [0.05, 0.1) is 22.4 Å². The number of hydrogen-bond acceptors (Lipinski definition) is 2. The first-order chi connectivity index (χ1) is 21.8. The maximum atomic E-state index is 5.26. The summed E-state index contributed by atoms with van der Waals surface area (Å²) < 4.78 is 2.31. The lowest BCUT2D eigenvalue weighted by atomic mass is 9.95. The van der Waals surface area contributed by atoms with Crippen LogP contribution in [0.5, 0.6) is 0 Å². The van der Waals surface area contributed by atoms with Gasteiger partial charge in [0.1, 0.15) is 0 Å². The van der Waals surface area contributed by atoms with Gasteiger partial charge in [0.25, 0.3) is 0 Å². The number of benzene rings is 7. The molecule has 1 aliphatic heterocycles. The van der Waals surface area contributed by atoms with Crippen molar-refractivity contribution < 1.29 is 0 Å². The second kappa shape index (κ2) is 8.79. The SMILES string of the molecule is c1cc(-c2cc3c4c(cccc4c2)-c2ccccc2-3)cc(N2c3ccccc3-c3ccccc3-n3c2nc2ccccc23)c1. The molecule has 10 rings (SSSR count). The number of hydrogen-bond donors (Lipinski definition) is 0. The molecule has 1 aromatic heterocycles. The molecule has 0 spiro atoms. The number of aromatic nitrogens is 2. The monoisotopic (exact) mass is 559 g/mol. The van der Waals surface area contributed by atoms with Crippen molar-refractivity contribution in [3.8, 4) is 50.2 Å². The Morgan fingerprint density at radius 3 is 1.95 bits per heavy atom. The van der Waals surface area contributed by atoms with Crippen molar-refractivity contribution in [1.82, 2.24) is 9.55 Å². The smallest absolute Gasteiger partial charge is 0.220 e. The predicted octanol–water partition coefficient (Wildman–Crippen LogP) is 10.9. The van der Waals surface area contributed by atoms with Crippen molar-refractivity contribution in [2.45, 2.75) is 0 Å². The molecule has 3 heteroatoms. The molecule has 0 fully saturated rings. The van der Waals surface area contributed by atoms with Crippen LogP contribution >= 0.6 is 0 Å². The van der Waals surface area contributed by atoms with Gasteiger partial charge in [-0.25, -0.2) is 4.98 Å². The zero-order valence-electron chi connectivity index (χ0n) is 23.8. The average Bonchev–Trinajstić information content (AvgIpc) is 3.59. The Morgan fingerprint density at radius 1 is 0.432 bits per heavy atom. The number of fused-ring (bicyclic) bond motifs is 10. The van der Waals surface area contributed by atoms with Crippen molar-refractivity contribution in [2.75, 3.05) is 4.90 Å². The third-order valence-electron chi connectivity index (χ3n) is 9.25. The van der Waals surface area contributed by atoms with Crippen LogP contribution in [0.1, 0.15) is 0 Å². The zero-order valence-corrected chi connectivity index (χ0v) is 23.8. The van der Waals surface area contributed by atoms with E-state index in [0.717, 1.165) is 34.0 Å². The molecule has 2 aliphatic rings. The molecule has 7 aromatic carbocycles. The van der Waals surface area contributed by atoms with Gasteiger partial charge in [-0.2, -0.15) is 0 Å². The molecule has 0 bridgehead atoms. The van der Waals surface area contributed by atoms with E-state index in [9.17, 15) is 0 Å². The highest BCUT2D eigenvalue weighted by Crippen LogP contribution is 2.50. The molecule has 0 amide bonds. The lowest BCUT2D eigenvalue weighted by molar-refractivity contribution is 1.05. The molecule has 0 saturated heterocycles. The quantitative estimate of drug-likeness (QED) is 0.210. The van der Waals surface area contributed by atoms with Gasteiger partial charge in [-0.1, -0.05) is 103 Å². The van der Waals surface area contributed by atoms with Gasteiger partial charge in [-0.05, 0) is 92.7 Å². The minimum Gasteiger partial charge on any atom is -0.280 e. The Labute approximate surface area is 254 Å². The van der Waals surface area contributed by atoms with Gasteiger partial charge >= 0.3 is 0 Å². The molecule has 0 N–H and O–H groups in total. The summed E-state index contributed by atoms with van der Waals surface area (Å²) in [6.45, 7) is 0. The summed E-state index contributed by atoms with van der Waals surface area (Å²) in [5, 5.41) is 2.62. The van der Waals surface area contributed by atoms with Crippen LogP contribution in [-0.2, 0) is 0 Å². The van der Waals surface area contributed by atoms with Crippen molar-refractivity contribution in [1.29, 1.82) is 0 Å². The first kappa shape index (κ1) is 23.6. The van der Waals surface area contributed by atoms with E-state index in [-0.39, 0.29) is 0 Å². The predicted molar refractivity (Wildman–Crippen MR) is 182 cm³/mol. The lowest BCUT2D eigenvalue weighted by Crippen LogP contribution is -2.14. The molecule has 44 heavy (non-hydrogen) atoms. The van der Waals surface area contributed by atoms with E-state index in [2.05, 4.69) is 161 Å². The van der Waals surface area contributed by atoms with Crippen molar-refractivity contribution >= 4 is 39.1 Å². The van der Waals surface area contributed by atoms with Crippen LogP contribution in [0.2, 0.25) is 0 Å². The molecule has 2 heterocycles.